The third kappa shape index (κ3) is 4.32. The van der Waals surface area contributed by atoms with Gasteiger partial charge in [0.05, 0.1) is 0 Å². The molecule has 1 unspecified atom stereocenters. The molecule has 0 aromatic heterocycles. The van der Waals surface area contributed by atoms with E-state index in [1.165, 1.54) is 12.1 Å². The molecule has 1 rings (SSSR count). The Bertz CT molecular complexity index is 450. The molecule has 1 aromatic carbocycles. The third-order valence-electron chi connectivity index (χ3n) is 1.50. The van der Waals surface area contributed by atoms with Gasteiger partial charge in [-0.25, -0.2) is 8.42 Å². The van der Waals surface area contributed by atoms with Crippen LogP contribution in [0.4, 0.5) is 0 Å². The number of hydrogen-bond acceptors (Lipinski definition) is 4. The van der Waals surface area contributed by atoms with Gasteiger partial charge in [-0.3, -0.25) is 0 Å². The van der Waals surface area contributed by atoms with Crippen LogP contribution in [0, 0.1) is 0 Å². The number of halogens is 2. The van der Waals surface area contributed by atoms with Crippen molar-refractivity contribution in [2.24, 2.45) is 0 Å². The van der Waals surface area contributed by atoms with Crippen LogP contribution in [0.15, 0.2) is 22.7 Å². The van der Waals surface area contributed by atoms with Crippen molar-refractivity contribution in [3.05, 3.63) is 33.3 Å². The molecule has 0 aliphatic rings. The second-order valence-electron chi connectivity index (χ2n) is 2.51. The predicted octanol–water partition coefficient (Wildman–Crippen LogP) is -1.36. The molecule has 0 heterocycles. The molecular formula is C7H5BrClNaO4S. The fraction of sp³-hybridized carbons (Fsp3) is 0.143. The van der Waals surface area contributed by atoms with Crippen molar-refractivity contribution < 1.29 is 47.6 Å². The van der Waals surface area contributed by atoms with Crippen LogP contribution in [0.25, 0.3) is 0 Å². The van der Waals surface area contributed by atoms with E-state index in [1.54, 1.807) is 6.07 Å². The average molecular weight is 324 g/mol. The molecule has 0 fully saturated rings. The van der Waals surface area contributed by atoms with Crippen LogP contribution in [0.3, 0.4) is 0 Å². The summed E-state index contributed by atoms with van der Waals surface area (Å²) in [6.07, 6.45) is 0. The molecule has 0 bridgehead atoms. The number of benzene rings is 1. The first-order chi connectivity index (χ1) is 6.32. The summed E-state index contributed by atoms with van der Waals surface area (Å²) in [4.78, 5) is 0. The second kappa shape index (κ2) is 5.97. The quantitative estimate of drug-likeness (QED) is 0.539. The van der Waals surface area contributed by atoms with Crippen LogP contribution in [-0.4, -0.2) is 18.1 Å². The minimum absolute atomic E-state index is 0. The van der Waals surface area contributed by atoms with Crippen molar-refractivity contribution in [3.63, 3.8) is 0 Å². The van der Waals surface area contributed by atoms with Gasteiger partial charge in [0, 0.05) is 15.1 Å². The van der Waals surface area contributed by atoms with E-state index in [0.29, 0.717) is 4.47 Å². The first-order valence-corrected chi connectivity index (χ1v) is 6.04. The van der Waals surface area contributed by atoms with Crippen molar-refractivity contribution >= 4 is 37.6 Å². The number of aliphatic hydroxyl groups is 1. The largest absolute Gasteiger partial charge is 1.00 e. The summed E-state index contributed by atoms with van der Waals surface area (Å²) in [5.74, 6) is 0. The van der Waals surface area contributed by atoms with Crippen molar-refractivity contribution in [2.45, 2.75) is 5.44 Å². The van der Waals surface area contributed by atoms with E-state index in [4.69, 9.17) is 16.7 Å². The molecule has 8 heteroatoms. The van der Waals surface area contributed by atoms with Crippen molar-refractivity contribution in [2.75, 3.05) is 0 Å². The Balaban J connectivity index is 0.00000196. The molecule has 0 aliphatic carbocycles. The fourth-order valence-electron chi connectivity index (χ4n) is 0.859. The van der Waals surface area contributed by atoms with Crippen LogP contribution in [0.1, 0.15) is 11.0 Å². The number of rotatable bonds is 2. The summed E-state index contributed by atoms with van der Waals surface area (Å²) in [7, 11) is -4.79. The Labute approximate surface area is 123 Å². The van der Waals surface area contributed by atoms with E-state index in [1.807, 2.05) is 0 Å². The summed E-state index contributed by atoms with van der Waals surface area (Å²) in [6, 6.07) is 4.23. The van der Waals surface area contributed by atoms with E-state index < -0.39 is 15.6 Å². The molecule has 0 saturated heterocycles. The standard InChI is InChI=1S/C7H6BrClO4S.Na/c8-4-1-2-6(9)5(3-4)7(10)14(11,12)13;/h1-3,7,10H,(H,11,12,13);/q;+1/p-1. The Morgan fingerprint density at radius 1 is 1.47 bits per heavy atom. The van der Waals surface area contributed by atoms with Gasteiger partial charge in [-0.05, 0) is 18.2 Å². The topological polar surface area (TPSA) is 77.4 Å². The smallest absolute Gasteiger partial charge is 0.746 e. The van der Waals surface area contributed by atoms with Gasteiger partial charge < -0.3 is 9.66 Å². The average Bonchev–Trinajstić information content (AvgIpc) is 2.06. The van der Waals surface area contributed by atoms with Crippen LogP contribution in [-0.2, 0) is 10.1 Å². The van der Waals surface area contributed by atoms with E-state index in [9.17, 15) is 13.0 Å². The normalized spacial score (nSPS) is 13.1. The van der Waals surface area contributed by atoms with Gasteiger partial charge in [-0.15, -0.1) is 0 Å². The molecule has 0 saturated carbocycles. The summed E-state index contributed by atoms with van der Waals surface area (Å²) in [6.45, 7) is 0. The van der Waals surface area contributed by atoms with Crippen LogP contribution in [0.5, 0.6) is 0 Å². The van der Waals surface area contributed by atoms with Crippen LogP contribution in [0.2, 0.25) is 5.02 Å². The molecule has 0 spiro atoms. The zero-order chi connectivity index (χ0) is 10.9. The van der Waals surface area contributed by atoms with Gasteiger partial charge >= 0.3 is 29.6 Å². The van der Waals surface area contributed by atoms with Gasteiger partial charge in [0.15, 0.2) is 5.44 Å². The number of aliphatic hydroxyl groups excluding tert-OH is 1. The molecule has 78 valence electrons. The summed E-state index contributed by atoms with van der Waals surface area (Å²) < 4.78 is 32.1. The Hall–Kier alpha value is 0.860. The van der Waals surface area contributed by atoms with Gasteiger partial charge in [-0.1, -0.05) is 27.5 Å². The summed E-state index contributed by atoms with van der Waals surface area (Å²) in [5, 5.41) is 9.18. The van der Waals surface area contributed by atoms with Crippen molar-refractivity contribution in [3.8, 4) is 0 Å². The Morgan fingerprint density at radius 3 is 2.47 bits per heavy atom. The van der Waals surface area contributed by atoms with E-state index in [0.717, 1.165) is 0 Å². The second-order valence-corrected chi connectivity index (χ2v) is 5.27. The maximum atomic E-state index is 10.5. The molecule has 15 heavy (non-hydrogen) atoms. The molecule has 1 aromatic rings. The fourth-order valence-corrected chi connectivity index (χ4v) is 2.03. The van der Waals surface area contributed by atoms with Gasteiger partial charge in [0.1, 0.15) is 10.1 Å². The zero-order valence-electron chi connectivity index (χ0n) is 7.65. The van der Waals surface area contributed by atoms with E-state index >= 15 is 0 Å². The minimum Gasteiger partial charge on any atom is -0.746 e. The molecule has 0 amide bonds. The first-order valence-electron chi connectivity index (χ1n) is 3.40. The van der Waals surface area contributed by atoms with E-state index in [-0.39, 0.29) is 40.1 Å². The summed E-state index contributed by atoms with van der Waals surface area (Å²) in [5.41, 5.74) is -2.26. The molecular weight excluding hydrogens is 318 g/mol. The SMILES string of the molecule is O=S(=O)([O-])C(O)c1cc(Br)ccc1Cl.[Na+]. The van der Waals surface area contributed by atoms with Gasteiger partial charge in [0.2, 0.25) is 0 Å². The van der Waals surface area contributed by atoms with Gasteiger partial charge in [0.25, 0.3) is 0 Å². The monoisotopic (exact) mass is 322 g/mol. The van der Waals surface area contributed by atoms with E-state index in [2.05, 4.69) is 15.9 Å². The predicted molar refractivity (Wildman–Crippen MR) is 53.8 cm³/mol. The summed E-state index contributed by atoms with van der Waals surface area (Å²) >= 11 is 8.68. The molecule has 4 nitrogen and oxygen atoms in total. The molecule has 1 N–H and O–H groups in total. The minimum atomic E-state index is -4.79. The Kier molecular flexibility index (Phi) is 6.32. The molecule has 0 aliphatic heterocycles. The maximum absolute atomic E-state index is 10.5. The molecule has 0 radical (unpaired) electrons. The van der Waals surface area contributed by atoms with Crippen LogP contribution >= 0.6 is 27.5 Å². The maximum Gasteiger partial charge on any atom is 1.00 e. The zero-order valence-corrected chi connectivity index (χ0v) is 12.8. The third-order valence-corrected chi connectivity index (χ3v) is 3.14. The van der Waals surface area contributed by atoms with Gasteiger partial charge in [-0.2, -0.15) is 0 Å². The first kappa shape index (κ1) is 15.9. The number of hydrogen-bond donors (Lipinski definition) is 1. The molecule has 1 atom stereocenters. The Morgan fingerprint density at radius 2 is 2.00 bits per heavy atom. The van der Waals surface area contributed by atoms with Crippen LogP contribution < -0.4 is 29.6 Å². The van der Waals surface area contributed by atoms with Crippen molar-refractivity contribution in [1.82, 2.24) is 0 Å². The van der Waals surface area contributed by atoms with Crippen molar-refractivity contribution in [1.29, 1.82) is 0 Å².